The van der Waals surface area contributed by atoms with Crippen LogP contribution in [0.2, 0.25) is 0 Å². The fourth-order valence-electron chi connectivity index (χ4n) is 1.64. The second-order valence-corrected chi connectivity index (χ2v) is 3.20. The van der Waals surface area contributed by atoms with Crippen molar-refractivity contribution in [3.05, 3.63) is 30.5 Å². The van der Waals surface area contributed by atoms with Crippen molar-refractivity contribution in [3.63, 3.8) is 0 Å². The van der Waals surface area contributed by atoms with Gasteiger partial charge in [0.1, 0.15) is 11.6 Å². The minimum atomic E-state index is 0.657. The topological polar surface area (TPSA) is 34.1 Å². The van der Waals surface area contributed by atoms with Crippen molar-refractivity contribution in [1.82, 2.24) is 4.98 Å². The normalized spacial score (nSPS) is 10.3. The van der Waals surface area contributed by atoms with Gasteiger partial charge in [0.15, 0.2) is 0 Å². The zero-order chi connectivity index (χ0) is 10.7. The first-order chi connectivity index (χ1) is 7.36. The molecule has 0 spiro atoms. The number of pyridine rings is 1. The van der Waals surface area contributed by atoms with E-state index in [0.717, 1.165) is 22.3 Å². The summed E-state index contributed by atoms with van der Waals surface area (Å²) in [6.07, 6.45) is 1.76. The molecule has 1 heterocycles. The van der Waals surface area contributed by atoms with Crippen molar-refractivity contribution in [3.8, 4) is 5.75 Å². The van der Waals surface area contributed by atoms with Gasteiger partial charge in [-0.05, 0) is 6.92 Å². The molecule has 2 aromatic rings. The highest BCUT2D eigenvalue weighted by Crippen LogP contribution is 2.28. The molecule has 2 rings (SSSR count). The molecule has 3 nitrogen and oxygen atoms in total. The first-order valence-corrected chi connectivity index (χ1v) is 5.05. The summed E-state index contributed by atoms with van der Waals surface area (Å²) in [5.41, 5.74) is 0. The van der Waals surface area contributed by atoms with Crippen LogP contribution in [0.5, 0.6) is 5.75 Å². The van der Waals surface area contributed by atoms with Gasteiger partial charge in [-0.1, -0.05) is 24.3 Å². The molecule has 0 aliphatic heterocycles. The highest BCUT2D eigenvalue weighted by molar-refractivity contribution is 5.95. The van der Waals surface area contributed by atoms with E-state index in [1.165, 1.54) is 0 Å². The molecule has 1 N–H and O–H groups in total. The van der Waals surface area contributed by atoms with Crippen molar-refractivity contribution in [2.24, 2.45) is 0 Å². The molecule has 1 aromatic heterocycles. The molecule has 3 heteroatoms. The van der Waals surface area contributed by atoms with Crippen LogP contribution in [0, 0.1) is 0 Å². The third kappa shape index (κ3) is 1.73. The summed E-state index contributed by atoms with van der Waals surface area (Å²) in [5, 5.41) is 5.26. The number of hydrogen-bond donors (Lipinski definition) is 1. The number of anilines is 1. The van der Waals surface area contributed by atoms with E-state index in [9.17, 15) is 0 Å². The molecule has 1 aromatic carbocycles. The minimum absolute atomic E-state index is 0.657. The highest BCUT2D eigenvalue weighted by atomic mass is 16.5. The zero-order valence-electron chi connectivity index (χ0n) is 8.95. The van der Waals surface area contributed by atoms with E-state index in [1.54, 1.807) is 6.20 Å². The van der Waals surface area contributed by atoms with Crippen LogP contribution in [0.4, 0.5) is 5.82 Å². The summed E-state index contributed by atoms with van der Waals surface area (Å²) in [5.74, 6) is 1.72. The number of nitrogens with zero attached hydrogens (tertiary/aromatic N) is 1. The molecule has 0 aliphatic rings. The van der Waals surface area contributed by atoms with Crippen molar-refractivity contribution in [1.29, 1.82) is 0 Å². The maximum atomic E-state index is 5.53. The molecular weight excluding hydrogens is 188 g/mol. The van der Waals surface area contributed by atoms with Crippen LogP contribution in [0.3, 0.4) is 0 Å². The Balaban J connectivity index is 2.66. The fraction of sp³-hybridized carbons (Fsp3) is 0.250. The molecule has 0 saturated carbocycles. The monoisotopic (exact) mass is 202 g/mol. The van der Waals surface area contributed by atoms with Gasteiger partial charge >= 0.3 is 0 Å². The lowest BCUT2D eigenvalue weighted by molar-refractivity contribution is 0.343. The van der Waals surface area contributed by atoms with Gasteiger partial charge in [-0.2, -0.15) is 0 Å². The van der Waals surface area contributed by atoms with Gasteiger partial charge in [0.05, 0.1) is 12.8 Å². The van der Waals surface area contributed by atoms with E-state index in [0.29, 0.717) is 6.61 Å². The molecule has 0 radical (unpaired) electrons. The Kier molecular flexibility index (Phi) is 2.72. The number of aromatic nitrogens is 1. The largest absolute Gasteiger partial charge is 0.492 e. The van der Waals surface area contributed by atoms with E-state index in [-0.39, 0.29) is 0 Å². The SMILES string of the molecule is CCOc1cnc(NC)c2ccccc12. The predicted octanol–water partition coefficient (Wildman–Crippen LogP) is 2.68. The van der Waals surface area contributed by atoms with Crippen molar-refractivity contribution < 1.29 is 4.74 Å². The number of hydrogen-bond acceptors (Lipinski definition) is 3. The summed E-state index contributed by atoms with van der Waals surface area (Å²) in [6, 6.07) is 8.09. The van der Waals surface area contributed by atoms with E-state index >= 15 is 0 Å². The lowest BCUT2D eigenvalue weighted by Gasteiger charge is -2.09. The van der Waals surface area contributed by atoms with Gasteiger partial charge in [0.25, 0.3) is 0 Å². The Labute approximate surface area is 89.1 Å². The molecule has 0 fully saturated rings. The van der Waals surface area contributed by atoms with Crippen molar-refractivity contribution >= 4 is 16.6 Å². The van der Waals surface area contributed by atoms with Gasteiger partial charge in [-0.25, -0.2) is 4.98 Å². The average Bonchev–Trinajstić information content (AvgIpc) is 2.30. The number of ether oxygens (including phenoxy) is 1. The molecule has 15 heavy (non-hydrogen) atoms. The van der Waals surface area contributed by atoms with Crippen LogP contribution in [0.15, 0.2) is 30.5 Å². The summed E-state index contributed by atoms with van der Waals surface area (Å²) in [4.78, 5) is 4.31. The standard InChI is InChI=1S/C12H14N2O/c1-3-15-11-8-14-12(13-2)10-7-5-4-6-9(10)11/h4-8H,3H2,1-2H3,(H,13,14). The molecule has 0 amide bonds. The summed E-state index contributed by atoms with van der Waals surface area (Å²) in [7, 11) is 1.87. The molecule has 0 atom stereocenters. The lowest BCUT2D eigenvalue weighted by Crippen LogP contribution is -1.97. The Bertz CT molecular complexity index is 468. The van der Waals surface area contributed by atoms with Gasteiger partial charge in [-0.3, -0.25) is 0 Å². The number of nitrogens with one attached hydrogen (secondary N) is 1. The smallest absolute Gasteiger partial charge is 0.145 e. The van der Waals surface area contributed by atoms with Crippen LogP contribution < -0.4 is 10.1 Å². The van der Waals surface area contributed by atoms with Gasteiger partial charge in [0, 0.05) is 17.8 Å². The quantitative estimate of drug-likeness (QED) is 0.830. The third-order valence-corrected chi connectivity index (χ3v) is 2.30. The number of rotatable bonds is 3. The van der Waals surface area contributed by atoms with Gasteiger partial charge < -0.3 is 10.1 Å². The van der Waals surface area contributed by atoms with Crippen molar-refractivity contribution in [2.75, 3.05) is 19.0 Å². The number of benzene rings is 1. The van der Waals surface area contributed by atoms with Crippen LogP contribution in [0.1, 0.15) is 6.92 Å². The maximum absolute atomic E-state index is 5.53. The second-order valence-electron chi connectivity index (χ2n) is 3.20. The predicted molar refractivity (Wildman–Crippen MR) is 62.5 cm³/mol. The molecule has 0 bridgehead atoms. The zero-order valence-corrected chi connectivity index (χ0v) is 8.95. The molecule has 0 aliphatic carbocycles. The Morgan fingerprint density at radius 1 is 1.27 bits per heavy atom. The number of fused-ring (bicyclic) bond motifs is 1. The average molecular weight is 202 g/mol. The Hall–Kier alpha value is -1.77. The Morgan fingerprint density at radius 3 is 2.67 bits per heavy atom. The molecular formula is C12H14N2O. The van der Waals surface area contributed by atoms with Gasteiger partial charge in [-0.15, -0.1) is 0 Å². The lowest BCUT2D eigenvalue weighted by atomic mass is 10.1. The van der Waals surface area contributed by atoms with E-state index in [2.05, 4.69) is 10.3 Å². The fourth-order valence-corrected chi connectivity index (χ4v) is 1.64. The van der Waals surface area contributed by atoms with Crippen LogP contribution in [-0.4, -0.2) is 18.6 Å². The molecule has 78 valence electrons. The van der Waals surface area contributed by atoms with Crippen LogP contribution >= 0.6 is 0 Å². The van der Waals surface area contributed by atoms with Crippen molar-refractivity contribution in [2.45, 2.75) is 6.92 Å². The van der Waals surface area contributed by atoms with Crippen LogP contribution in [0.25, 0.3) is 10.8 Å². The maximum Gasteiger partial charge on any atom is 0.145 e. The third-order valence-electron chi connectivity index (χ3n) is 2.30. The molecule has 0 saturated heterocycles. The van der Waals surface area contributed by atoms with E-state index < -0.39 is 0 Å². The van der Waals surface area contributed by atoms with E-state index in [1.807, 2.05) is 38.2 Å². The Morgan fingerprint density at radius 2 is 2.00 bits per heavy atom. The highest BCUT2D eigenvalue weighted by Gasteiger charge is 2.05. The summed E-state index contributed by atoms with van der Waals surface area (Å²) < 4.78 is 5.53. The summed E-state index contributed by atoms with van der Waals surface area (Å²) in [6.45, 7) is 2.63. The van der Waals surface area contributed by atoms with Crippen LogP contribution in [-0.2, 0) is 0 Å². The second kappa shape index (κ2) is 4.17. The van der Waals surface area contributed by atoms with Gasteiger partial charge in [0.2, 0.25) is 0 Å². The first kappa shape index (κ1) is 9.77. The first-order valence-electron chi connectivity index (χ1n) is 5.05. The summed E-state index contributed by atoms with van der Waals surface area (Å²) >= 11 is 0. The van der Waals surface area contributed by atoms with E-state index in [4.69, 9.17) is 4.74 Å². The minimum Gasteiger partial charge on any atom is -0.492 e. The molecule has 0 unspecified atom stereocenters.